The fraction of sp³-hybridized carbons (Fsp3) is 0.462. The van der Waals surface area contributed by atoms with Crippen molar-refractivity contribution in [2.45, 2.75) is 61.9 Å². The molecule has 226 valence electrons. The van der Waals surface area contributed by atoms with E-state index in [1.54, 1.807) is 24.3 Å². The lowest BCUT2D eigenvalue weighted by atomic mass is 9.98. The standard InChI is InChI=1S/C26H29Cl3O11S/c1-16-9-11-20(12-10-16)38-25-24(37-18(3)31)23(36-17(2)30)22(40-41(32,33)35-15-26(27,28)29)21(39-25)14-34-13-19-7-5-4-6-8-19/h4-12,21-25H,13-15H2,1-3H3/t21-,22-,23+,24-,25-/m1/s1. The molecule has 1 aliphatic rings. The summed E-state index contributed by atoms with van der Waals surface area (Å²) in [6.07, 6.45) is -7.30. The van der Waals surface area contributed by atoms with Crippen molar-refractivity contribution in [3.8, 4) is 5.75 Å². The van der Waals surface area contributed by atoms with Gasteiger partial charge < -0.3 is 23.7 Å². The highest BCUT2D eigenvalue weighted by atomic mass is 35.6. The Kier molecular flexibility index (Phi) is 12.1. The van der Waals surface area contributed by atoms with Crippen LogP contribution in [-0.4, -0.2) is 68.1 Å². The molecule has 41 heavy (non-hydrogen) atoms. The molecule has 11 nitrogen and oxygen atoms in total. The first-order valence-corrected chi connectivity index (χ1v) is 14.7. The quantitative estimate of drug-likeness (QED) is 0.241. The Morgan fingerprint density at radius 2 is 1.51 bits per heavy atom. The third-order valence-electron chi connectivity index (χ3n) is 5.46. The van der Waals surface area contributed by atoms with Gasteiger partial charge in [0.15, 0.2) is 6.10 Å². The number of esters is 2. The molecular weight excluding hydrogens is 627 g/mol. The number of hydrogen-bond donors (Lipinski definition) is 0. The normalized spacial score (nSPS) is 23.0. The molecule has 3 rings (SSSR count). The van der Waals surface area contributed by atoms with Crippen molar-refractivity contribution in [3.05, 3.63) is 65.7 Å². The second kappa shape index (κ2) is 14.8. The molecule has 0 unspecified atom stereocenters. The molecule has 0 aliphatic carbocycles. The summed E-state index contributed by atoms with van der Waals surface area (Å²) in [6.45, 7) is 3.05. The maximum Gasteiger partial charge on any atom is 0.400 e. The summed E-state index contributed by atoms with van der Waals surface area (Å²) in [5, 5.41) is 0. The Morgan fingerprint density at radius 3 is 2.10 bits per heavy atom. The highest BCUT2D eigenvalue weighted by Gasteiger charge is 2.54. The zero-order valence-corrected chi connectivity index (χ0v) is 25.3. The number of ether oxygens (including phenoxy) is 5. The van der Waals surface area contributed by atoms with Crippen LogP contribution >= 0.6 is 34.8 Å². The van der Waals surface area contributed by atoms with Gasteiger partial charge in [0, 0.05) is 13.8 Å². The molecule has 1 aliphatic heterocycles. The summed E-state index contributed by atoms with van der Waals surface area (Å²) in [4.78, 5) is 24.2. The summed E-state index contributed by atoms with van der Waals surface area (Å²) >= 11 is 16.9. The molecule has 1 heterocycles. The van der Waals surface area contributed by atoms with E-state index in [0.717, 1.165) is 25.0 Å². The number of hydrogen-bond acceptors (Lipinski definition) is 11. The van der Waals surface area contributed by atoms with Crippen LogP contribution in [0.1, 0.15) is 25.0 Å². The van der Waals surface area contributed by atoms with Gasteiger partial charge in [-0.25, -0.2) is 8.37 Å². The van der Waals surface area contributed by atoms with Crippen LogP contribution in [0, 0.1) is 6.92 Å². The highest BCUT2D eigenvalue weighted by molar-refractivity contribution is 7.81. The maximum absolute atomic E-state index is 12.8. The van der Waals surface area contributed by atoms with Crippen molar-refractivity contribution in [2.75, 3.05) is 13.2 Å². The van der Waals surface area contributed by atoms with Gasteiger partial charge in [0.2, 0.25) is 16.2 Å². The average Bonchev–Trinajstić information content (AvgIpc) is 2.88. The minimum absolute atomic E-state index is 0.124. The molecule has 1 saturated heterocycles. The lowest BCUT2D eigenvalue weighted by Crippen LogP contribution is -2.63. The number of halogens is 3. The Bertz CT molecular complexity index is 1250. The largest absolute Gasteiger partial charge is 0.461 e. The summed E-state index contributed by atoms with van der Waals surface area (Å²) in [7, 11) is -4.89. The number of carbonyl (C=O) groups is 2. The first kappa shape index (κ1) is 33.3. The van der Waals surface area contributed by atoms with E-state index in [1.165, 1.54) is 0 Å². The predicted molar refractivity (Wildman–Crippen MR) is 148 cm³/mol. The fourth-order valence-electron chi connectivity index (χ4n) is 3.79. The van der Waals surface area contributed by atoms with E-state index in [9.17, 15) is 18.0 Å². The molecule has 0 N–H and O–H groups in total. The van der Waals surface area contributed by atoms with E-state index >= 15 is 0 Å². The summed E-state index contributed by atoms with van der Waals surface area (Å²) in [5.74, 6) is -1.29. The zero-order valence-electron chi connectivity index (χ0n) is 22.2. The molecule has 1 fully saturated rings. The van der Waals surface area contributed by atoms with Crippen LogP contribution in [-0.2, 0) is 53.9 Å². The number of aryl methyl sites for hydroxylation is 1. The molecule has 2 aromatic rings. The second-order valence-electron chi connectivity index (χ2n) is 8.97. The molecule has 0 saturated carbocycles. The second-order valence-corrected chi connectivity index (χ2v) is 12.7. The van der Waals surface area contributed by atoms with Crippen molar-refractivity contribution in [2.24, 2.45) is 0 Å². The molecular formula is C26H29Cl3O11S. The fourth-order valence-corrected chi connectivity index (χ4v) is 5.03. The Balaban J connectivity index is 1.96. The molecule has 2 aromatic carbocycles. The van der Waals surface area contributed by atoms with Gasteiger partial charge in [-0.1, -0.05) is 82.8 Å². The van der Waals surface area contributed by atoms with Gasteiger partial charge in [0.05, 0.1) is 13.2 Å². The van der Waals surface area contributed by atoms with E-state index in [1.807, 2.05) is 37.3 Å². The van der Waals surface area contributed by atoms with Crippen molar-refractivity contribution >= 4 is 57.1 Å². The summed E-state index contributed by atoms with van der Waals surface area (Å²) < 4.78 is 62.1. The molecule has 0 radical (unpaired) electrons. The van der Waals surface area contributed by atoms with Gasteiger partial charge in [-0.2, -0.15) is 8.42 Å². The third-order valence-corrected chi connectivity index (χ3v) is 6.65. The lowest BCUT2D eigenvalue weighted by molar-refractivity contribution is -0.283. The number of benzene rings is 2. The topological polar surface area (TPSA) is 133 Å². The smallest absolute Gasteiger partial charge is 0.400 e. The van der Waals surface area contributed by atoms with E-state index in [0.29, 0.717) is 5.75 Å². The lowest BCUT2D eigenvalue weighted by Gasteiger charge is -2.44. The molecule has 0 bridgehead atoms. The molecule has 0 aromatic heterocycles. The van der Waals surface area contributed by atoms with Crippen LogP contribution < -0.4 is 4.74 Å². The van der Waals surface area contributed by atoms with Gasteiger partial charge in [-0.15, -0.1) is 0 Å². The first-order chi connectivity index (χ1) is 19.2. The van der Waals surface area contributed by atoms with Gasteiger partial charge in [0.25, 0.3) is 0 Å². The van der Waals surface area contributed by atoms with Crippen molar-refractivity contribution in [3.63, 3.8) is 0 Å². The van der Waals surface area contributed by atoms with Crippen molar-refractivity contribution in [1.82, 2.24) is 0 Å². The highest BCUT2D eigenvalue weighted by Crippen LogP contribution is 2.33. The van der Waals surface area contributed by atoms with Gasteiger partial charge in [-0.05, 0) is 24.6 Å². The van der Waals surface area contributed by atoms with E-state index in [-0.39, 0.29) is 13.2 Å². The van der Waals surface area contributed by atoms with Gasteiger partial charge in [0.1, 0.15) is 24.6 Å². The molecule has 0 spiro atoms. The third kappa shape index (κ3) is 11.2. The van der Waals surface area contributed by atoms with Crippen LogP contribution in [0.3, 0.4) is 0 Å². The predicted octanol–water partition coefficient (Wildman–Crippen LogP) is 4.20. The Hall–Kier alpha value is -2.16. The van der Waals surface area contributed by atoms with Crippen LogP contribution in [0.25, 0.3) is 0 Å². The molecule has 0 amide bonds. The number of carbonyl (C=O) groups excluding carboxylic acids is 2. The van der Waals surface area contributed by atoms with Crippen molar-refractivity contribution < 1.29 is 50.1 Å². The zero-order chi connectivity index (χ0) is 30.2. The van der Waals surface area contributed by atoms with Crippen LogP contribution in [0.15, 0.2) is 54.6 Å². The first-order valence-electron chi connectivity index (χ1n) is 12.2. The van der Waals surface area contributed by atoms with Crippen molar-refractivity contribution in [1.29, 1.82) is 0 Å². The van der Waals surface area contributed by atoms with Gasteiger partial charge in [-0.3, -0.25) is 9.59 Å². The van der Waals surface area contributed by atoms with E-state index in [4.69, 9.17) is 66.9 Å². The van der Waals surface area contributed by atoms with Gasteiger partial charge >= 0.3 is 22.3 Å². The Morgan fingerprint density at radius 1 is 0.902 bits per heavy atom. The monoisotopic (exact) mass is 654 g/mol. The number of alkyl halides is 3. The molecule has 5 atom stereocenters. The van der Waals surface area contributed by atoms with Crippen LogP contribution in [0.2, 0.25) is 0 Å². The number of rotatable bonds is 12. The van der Waals surface area contributed by atoms with Crippen LogP contribution in [0.4, 0.5) is 0 Å². The van der Waals surface area contributed by atoms with E-state index in [2.05, 4.69) is 0 Å². The van der Waals surface area contributed by atoms with E-state index < -0.39 is 63.4 Å². The minimum Gasteiger partial charge on any atom is -0.461 e. The summed E-state index contributed by atoms with van der Waals surface area (Å²) in [6, 6.07) is 16.0. The minimum atomic E-state index is -4.89. The SMILES string of the molecule is CC(=O)O[C@@H]1[C@@H](OC(C)=O)[C@H](Oc2ccc(C)cc2)O[C@H](COCc2ccccc2)[C@H]1OS(=O)(=O)OCC(Cl)(Cl)Cl. The average molecular weight is 656 g/mol. The summed E-state index contributed by atoms with van der Waals surface area (Å²) in [5.41, 5.74) is 1.78. The van der Waals surface area contributed by atoms with Crippen LogP contribution in [0.5, 0.6) is 5.75 Å². The Labute approximate surface area is 253 Å². The maximum atomic E-state index is 12.8. The molecule has 15 heteroatoms.